The van der Waals surface area contributed by atoms with E-state index in [4.69, 9.17) is 17.2 Å². The van der Waals surface area contributed by atoms with Crippen LogP contribution in [0.1, 0.15) is 30.4 Å². The van der Waals surface area contributed by atoms with Gasteiger partial charge < -0.3 is 48.5 Å². The molecule has 0 spiro atoms. The highest BCUT2D eigenvalue weighted by Gasteiger charge is 2.30. The van der Waals surface area contributed by atoms with E-state index in [2.05, 4.69) is 16.0 Å². The van der Waals surface area contributed by atoms with Crippen molar-refractivity contribution in [2.75, 3.05) is 19.7 Å². The summed E-state index contributed by atoms with van der Waals surface area (Å²) in [5.41, 5.74) is 19.6. The maximum atomic E-state index is 13.4. The second-order valence-electron chi connectivity index (χ2n) is 9.72. The summed E-state index contributed by atoms with van der Waals surface area (Å²) in [6.45, 7) is 0.155. The molecule has 3 amide bonds. The second-order valence-corrected chi connectivity index (χ2v) is 9.72. The number of aromatic hydroxyl groups is 2. The molecule has 0 unspecified atom stereocenters. The van der Waals surface area contributed by atoms with Crippen molar-refractivity contribution < 1.29 is 29.7 Å². The number of hydrogen-bond donors (Lipinski definition) is 9. The number of rotatable bonds is 8. The standard InChI is InChI=1S/C27H38N6O6/c28-8-1-2-21-26(38)33-22(27(39)31-19(14-34)7-9-29)13-18-11-16(4-6-24(18)36)15-3-5-23(35)17(10-15)12-20(30)25(37)32-21/h3-6,10-11,19-22,34-36H,1-2,7-9,12-14,28-30H2,(H,31,39)(H,32,37)(H,33,38)/t19-,20+,21-,22-/m0/s1. The van der Waals surface area contributed by atoms with Crippen molar-refractivity contribution in [3.8, 4) is 22.6 Å². The lowest BCUT2D eigenvalue weighted by molar-refractivity contribution is -0.132. The van der Waals surface area contributed by atoms with E-state index in [1.54, 1.807) is 24.3 Å². The van der Waals surface area contributed by atoms with Crippen LogP contribution < -0.4 is 33.2 Å². The van der Waals surface area contributed by atoms with Gasteiger partial charge in [-0.05, 0) is 78.9 Å². The molecule has 0 aromatic heterocycles. The van der Waals surface area contributed by atoms with Gasteiger partial charge in [0.25, 0.3) is 0 Å². The zero-order valence-corrected chi connectivity index (χ0v) is 21.7. The van der Waals surface area contributed by atoms with Crippen molar-refractivity contribution in [2.45, 2.75) is 56.3 Å². The number of carbonyl (C=O) groups excluding carboxylic acids is 3. The number of hydrogen-bond acceptors (Lipinski definition) is 9. The van der Waals surface area contributed by atoms with Crippen molar-refractivity contribution >= 4 is 17.7 Å². The van der Waals surface area contributed by atoms with Gasteiger partial charge in [0.1, 0.15) is 23.6 Å². The summed E-state index contributed by atoms with van der Waals surface area (Å²) in [5, 5.41) is 38.7. The molecule has 0 radical (unpaired) electrons. The Morgan fingerprint density at radius 2 is 1.56 bits per heavy atom. The normalized spacial score (nSPS) is 20.7. The number of phenols is 2. The van der Waals surface area contributed by atoms with Crippen molar-refractivity contribution in [1.82, 2.24) is 16.0 Å². The van der Waals surface area contributed by atoms with Crippen LogP contribution in [0.25, 0.3) is 11.1 Å². The molecule has 2 aromatic rings. The van der Waals surface area contributed by atoms with Gasteiger partial charge in [-0.3, -0.25) is 14.4 Å². The average Bonchev–Trinajstić information content (AvgIpc) is 2.91. The third-order valence-corrected chi connectivity index (χ3v) is 6.74. The van der Waals surface area contributed by atoms with Gasteiger partial charge in [-0.2, -0.15) is 0 Å². The third-order valence-electron chi connectivity index (χ3n) is 6.74. The van der Waals surface area contributed by atoms with E-state index >= 15 is 0 Å². The first kappa shape index (κ1) is 29.8. The van der Waals surface area contributed by atoms with Crippen LogP contribution in [0.3, 0.4) is 0 Å². The Hall–Kier alpha value is -3.71. The Bertz CT molecular complexity index is 1180. The molecule has 212 valence electrons. The second kappa shape index (κ2) is 13.9. The maximum absolute atomic E-state index is 13.4. The molecule has 3 rings (SSSR count). The molecule has 4 atom stereocenters. The van der Waals surface area contributed by atoms with E-state index in [0.717, 1.165) is 0 Å². The SMILES string of the molecule is NCCC[C@@H]1NC(=O)[C@H](N)Cc2cc(ccc2O)-c2ccc(O)c(c2)C[C@@H](C(=O)N[C@H](CO)CCN)NC1=O. The Morgan fingerprint density at radius 1 is 0.949 bits per heavy atom. The van der Waals surface area contributed by atoms with Crippen LogP contribution in [-0.4, -0.2) is 76.9 Å². The van der Waals surface area contributed by atoms with E-state index in [-0.39, 0.29) is 50.5 Å². The third kappa shape index (κ3) is 7.90. The molecule has 4 bridgehead atoms. The lowest BCUT2D eigenvalue weighted by Gasteiger charge is -2.26. The fourth-order valence-electron chi connectivity index (χ4n) is 4.47. The van der Waals surface area contributed by atoms with Crippen LogP contribution in [0, 0.1) is 0 Å². The Morgan fingerprint density at radius 3 is 2.13 bits per heavy atom. The predicted molar refractivity (Wildman–Crippen MR) is 145 cm³/mol. The van der Waals surface area contributed by atoms with Gasteiger partial charge in [-0.1, -0.05) is 12.1 Å². The lowest BCUT2D eigenvalue weighted by atomic mass is 9.95. The summed E-state index contributed by atoms with van der Waals surface area (Å²) in [7, 11) is 0. The average molecular weight is 543 g/mol. The predicted octanol–water partition coefficient (Wildman–Crippen LogP) is -1.27. The number of amides is 3. The zero-order chi connectivity index (χ0) is 28.5. The molecule has 2 aromatic carbocycles. The van der Waals surface area contributed by atoms with Crippen LogP contribution >= 0.6 is 0 Å². The highest BCUT2D eigenvalue weighted by atomic mass is 16.3. The molecule has 12 heteroatoms. The Labute approximate surface area is 226 Å². The number of benzene rings is 2. The van der Waals surface area contributed by atoms with E-state index in [1.165, 1.54) is 12.1 Å². The highest BCUT2D eigenvalue weighted by Crippen LogP contribution is 2.30. The maximum Gasteiger partial charge on any atom is 0.243 e. The molecule has 1 aliphatic rings. The molecule has 0 saturated carbocycles. The molecule has 12 N–H and O–H groups in total. The number of aliphatic hydroxyl groups is 1. The summed E-state index contributed by atoms with van der Waals surface area (Å²) >= 11 is 0. The quantitative estimate of drug-likeness (QED) is 0.193. The van der Waals surface area contributed by atoms with Crippen molar-refractivity contribution in [3.05, 3.63) is 47.5 Å². The Balaban J connectivity index is 2.07. The van der Waals surface area contributed by atoms with Gasteiger partial charge in [-0.15, -0.1) is 0 Å². The number of nitrogens with two attached hydrogens (primary N) is 3. The highest BCUT2D eigenvalue weighted by molar-refractivity contribution is 5.93. The summed E-state index contributed by atoms with van der Waals surface area (Å²) < 4.78 is 0. The fraction of sp³-hybridized carbons (Fsp3) is 0.444. The number of fused-ring (bicyclic) bond motifs is 5. The van der Waals surface area contributed by atoms with E-state index in [0.29, 0.717) is 35.1 Å². The molecule has 39 heavy (non-hydrogen) atoms. The van der Waals surface area contributed by atoms with Crippen LogP contribution in [-0.2, 0) is 27.2 Å². The van der Waals surface area contributed by atoms with Gasteiger partial charge in [0.2, 0.25) is 17.7 Å². The monoisotopic (exact) mass is 542 g/mol. The summed E-state index contributed by atoms with van der Waals surface area (Å²) in [4.78, 5) is 39.6. The topological polar surface area (TPSA) is 226 Å². The van der Waals surface area contributed by atoms with Gasteiger partial charge in [0.05, 0.1) is 18.7 Å². The van der Waals surface area contributed by atoms with Gasteiger partial charge in [0, 0.05) is 12.8 Å². The zero-order valence-electron chi connectivity index (χ0n) is 21.7. The number of nitrogens with one attached hydrogen (secondary N) is 3. The number of aliphatic hydroxyl groups excluding tert-OH is 1. The molecule has 0 aliphatic carbocycles. The lowest BCUT2D eigenvalue weighted by Crippen LogP contribution is -2.57. The molecule has 1 heterocycles. The van der Waals surface area contributed by atoms with Crippen molar-refractivity contribution in [1.29, 1.82) is 0 Å². The van der Waals surface area contributed by atoms with Gasteiger partial charge >= 0.3 is 0 Å². The van der Waals surface area contributed by atoms with Crippen LogP contribution in [0.15, 0.2) is 36.4 Å². The fourth-order valence-corrected chi connectivity index (χ4v) is 4.47. The van der Waals surface area contributed by atoms with Crippen molar-refractivity contribution in [3.63, 3.8) is 0 Å². The minimum Gasteiger partial charge on any atom is -0.508 e. The van der Waals surface area contributed by atoms with Gasteiger partial charge in [0.15, 0.2) is 0 Å². The molecule has 1 aliphatic heterocycles. The first-order chi connectivity index (χ1) is 18.7. The summed E-state index contributed by atoms with van der Waals surface area (Å²) in [5.74, 6) is -1.93. The largest absolute Gasteiger partial charge is 0.508 e. The molecule has 0 saturated heterocycles. The first-order valence-corrected chi connectivity index (χ1v) is 13.0. The minimum absolute atomic E-state index is 0.0103. The molecular weight excluding hydrogens is 504 g/mol. The van der Waals surface area contributed by atoms with E-state index in [1.807, 2.05) is 0 Å². The van der Waals surface area contributed by atoms with Crippen LogP contribution in [0.5, 0.6) is 11.5 Å². The number of phenolic OH excluding ortho intramolecular Hbond substituents is 2. The van der Waals surface area contributed by atoms with E-state index < -0.39 is 41.9 Å². The number of carbonyl (C=O) groups is 3. The minimum atomic E-state index is -1.16. The Kier molecular flexibility index (Phi) is 10.6. The van der Waals surface area contributed by atoms with E-state index in [9.17, 15) is 29.7 Å². The van der Waals surface area contributed by atoms with Crippen LogP contribution in [0.4, 0.5) is 0 Å². The molecule has 0 fully saturated rings. The summed E-state index contributed by atoms with van der Waals surface area (Å²) in [6, 6.07) is 5.85. The smallest absolute Gasteiger partial charge is 0.243 e. The molecule has 12 nitrogen and oxygen atoms in total. The summed E-state index contributed by atoms with van der Waals surface area (Å²) in [6.07, 6.45) is 0.860. The molecular formula is C27H38N6O6. The van der Waals surface area contributed by atoms with Crippen molar-refractivity contribution in [2.24, 2.45) is 17.2 Å². The first-order valence-electron chi connectivity index (χ1n) is 13.0. The van der Waals surface area contributed by atoms with Gasteiger partial charge in [-0.25, -0.2) is 0 Å². The van der Waals surface area contributed by atoms with Crippen LogP contribution in [0.2, 0.25) is 0 Å².